The molecule has 0 bridgehead atoms. The van der Waals surface area contributed by atoms with E-state index < -0.39 is 0 Å². The molecule has 3 aromatic rings. The molecule has 0 aliphatic carbocycles. The second-order valence-electron chi connectivity index (χ2n) is 6.34. The van der Waals surface area contributed by atoms with Crippen molar-refractivity contribution in [1.29, 1.82) is 0 Å². The molecule has 0 aliphatic rings. The molecular formula is C21H21BrClN3O3. The zero-order valence-corrected chi connectivity index (χ0v) is 18.7. The lowest BCUT2D eigenvalue weighted by atomic mass is 10.1. The van der Waals surface area contributed by atoms with Crippen LogP contribution in [0.1, 0.15) is 21.6 Å². The highest BCUT2D eigenvalue weighted by Gasteiger charge is 2.16. The Kier molecular flexibility index (Phi) is 6.82. The van der Waals surface area contributed by atoms with Crippen molar-refractivity contribution in [3.05, 3.63) is 68.9 Å². The summed E-state index contributed by atoms with van der Waals surface area (Å²) in [4.78, 5) is 12.6. The summed E-state index contributed by atoms with van der Waals surface area (Å²) in [6, 6.07) is 11.1. The third-order valence-electron chi connectivity index (χ3n) is 4.54. The van der Waals surface area contributed by atoms with Gasteiger partial charge in [0.1, 0.15) is 0 Å². The minimum atomic E-state index is -0.174. The van der Waals surface area contributed by atoms with Gasteiger partial charge >= 0.3 is 0 Å². The average Bonchev–Trinajstić information content (AvgIpc) is 3.10. The molecule has 8 heteroatoms. The standard InChI is InChI=1S/C21H21BrClN3O3/c1-13-17(12-25-26(13)16-6-4-5-15(23)10-16)21(27)24-8-7-14-9-19(28-2)20(29-3)11-18(14)22/h4-6,9-12H,7-8H2,1-3H3,(H,24,27). The van der Waals surface area contributed by atoms with E-state index in [0.717, 1.165) is 21.4 Å². The highest BCUT2D eigenvalue weighted by molar-refractivity contribution is 9.10. The van der Waals surface area contributed by atoms with E-state index in [4.69, 9.17) is 21.1 Å². The van der Waals surface area contributed by atoms with Crippen LogP contribution in [0.4, 0.5) is 0 Å². The Balaban J connectivity index is 1.68. The smallest absolute Gasteiger partial charge is 0.254 e. The lowest BCUT2D eigenvalue weighted by Crippen LogP contribution is -2.26. The van der Waals surface area contributed by atoms with E-state index in [2.05, 4.69) is 26.3 Å². The van der Waals surface area contributed by atoms with Crippen molar-refractivity contribution in [2.24, 2.45) is 0 Å². The molecular weight excluding hydrogens is 458 g/mol. The van der Waals surface area contributed by atoms with Crippen LogP contribution in [0, 0.1) is 6.92 Å². The van der Waals surface area contributed by atoms with Gasteiger partial charge in [-0.05, 0) is 49.2 Å². The SMILES string of the molecule is COc1cc(Br)c(CCNC(=O)c2cnn(-c3cccc(Cl)c3)c2C)cc1OC. The third kappa shape index (κ3) is 4.74. The maximum Gasteiger partial charge on any atom is 0.254 e. The second-order valence-corrected chi connectivity index (χ2v) is 7.63. The van der Waals surface area contributed by atoms with Crippen molar-refractivity contribution < 1.29 is 14.3 Å². The monoisotopic (exact) mass is 477 g/mol. The zero-order chi connectivity index (χ0) is 21.0. The predicted octanol–water partition coefficient (Wildman–Crippen LogP) is 4.59. The van der Waals surface area contributed by atoms with E-state index in [0.29, 0.717) is 35.1 Å². The Labute approximate surface area is 182 Å². The average molecular weight is 479 g/mol. The summed E-state index contributed by atoms with van der Waals surface area (Å²) in [5, 5.41) is 7.89. The number of amides is 1. The summed E-state index contributed by atoms with van der Waals surface area (Å²) in [6.07, 6.45) is 2.20. The number of hydrogen-bond donors (Lipinski definition) is 1. The molecule has 0 saturated heterocycles. The molecule has 0 spiro atoms. The van der Waals surface area contributed by atoms with Gasteiger partial charge in [0.2, 0.25) is 0 Å². The van der Waals surface area contributed by atoms with E-state index in [9.17, 15) is 4.79 Å². The largest absolute Gasteiger partial charge is 0.493 e. The van der Waals surface area contributed by atoms with E-state index in [1.54, 1.807) is 37.2 Å². The van der Waals surface area contributed by atoms with Crippen molar-refractivity contribution >= 4 is 33.4 Å². The van der Waals surface area contributed by atoms with Gasteiger partial charge in [0.25, 0.3) is 5.91 Å². The van der Waals surface area contributed by atoms with Gasteiger partial charge in [-0.1, -0.05) is 33.6 Å². The maximum atomic E-state index is 12.6. The van der Waals surface area contributed by atoms with Gasteiger partial charge in [0, 0.05) is 16.0 Å². The first-order valence-corrected chi connectivity index (χ1v) is 10.1. The number of rotatable bonds is 7. The van der Waals surface area contributed by atoms with E-state index in [-0.39, 0.29) is 5.91 Å². The Morgan fingerprint density at radius 3 is 2.62 bits per heavy atom. The minimum Gasteiger partial charge on any atom is -0.493 e. The zero-order valence-electron chi connectivity index (χ0n) is 16.3. The van der Waals surface area contributed by atoms with Crippen LogP contribution in [-0.4, -0.2) is 36.5 Å². The van der Waals surface area contributed by atoms with Gasteiger partial charge in [-0.15, -0.1) is 0 Å². The normalized spacial score (nSPS) is 10.7. The van der Waals surface area contributed by atoms with Gasteiger partial charge in [-0.3, -0.25) is 4.79 Å². The van der Waals surface area contributed by atoms with Gasteiger partial charge < -0.3 is 14.8 Å². The summed E-state index contributed by atoms with van der Waals surface area (Å²) >= 11 is 9.59. The molecule has 0 fully saturated rings. The summed E-state index contributed by atoms with van der Waals surface area (Å²) in [5.74, 6) is 1.12. The molecule has 29 heavy (non-hydrogen) atoms. The fourth-order valence-corrected chi connectivity index (χ4v) is 3.70. The molecule has 1 aromatic heterocycles. The number of halogens is 2. The van der Waals surface area contributed by atoms with Crippen LogP contribution in [-0.2, 0) is 6.42 Å². The second kappa shape index (κ2) is 9.33. The summed E-state index contributed by atoms with van der Waals surface area (Å²) in [7, 11) is 3.19. The number of aromatic nitrogens is 2. The number of nitrogens with zero attached hydrogens (tertiary/aromatic N) is 2. The number of methoxy groups -OCH3 is 2. The Bertz CT molecular complexity index is 1040. The molecule has 152 valence electrons. The van der Waals surface area contributed by atoms with Gasteiger partial charge in [0.15, 0.2) is 11.5 Å². The molecule has 0 aliphatic heterocycles. The molecule has 0 saturated carbocycles. The molecule has 6 nitrogen and oxygen atoms in total. The topological polar surface area (TPSA) is 65.4 Å². The summed E-state index contributed by atoms with van der Waals surface area (Å²) in [5.41, 5.74) is 3.09. The van der Waals surface area contributed by atoms with Crippen molar-refractivity contribution in [2.75, 3.05) is 20.8 Å². The fraction of sp³-hybridized carbons (Fsp3) is 0.238. The molecule has 1 N–H and O–H groups in total. The lowest BCUT2D eigenvalue weighted by molar-refractivity contribution is 0.0953. The molecule has 1 heterocycles. The van der Waals surface area contributed by atoms with Crippen LogP contribution in [0.3, 0.4) is 0 Å². The molecule has 0 radical (unpaired) electrons. The number of ether oxygens (including phenoxy) is 2. The van der Waals surface area contributed by atoms with E-state index >= 15 is 0 Å². The first kappa shape index (κ1) is 21.2. The quantitative estimate of drug-likeness (QED) is 0.539. The number of carbonyl (C=O) groups excluding carboxylic acids is 1. The van der Waals surface area contributed by atoms with Gasteiger partial charge in [-0.25, -0.2) is 4.68 Å². The van der Waals surface area contributed by atoms with Gasteiger partial charge in [-0.2, -0.15) is 5.10 Å². The third-order valence-corrected chi connectivity index (χ3v) is 5.51. The van der Waals surface area contributed by atoms with Crippen LogP contribution < -0.4 is 14.8 Å². The van der Waals surface area contributed by atoms with Crippen LogP contribution >= 0.6 is 27.5 Å². The first-order chi connectivity index (χ1) is 13.9. The molecule has 0 atom stereocenters. The molecule has 2 aromatic carbocycles. The van der Waals surface area contributed by atoms with Crippen LogP contribution in [0.25, 0.3) is 5.69 Å². The highest BCUT2D eigenvalue weighted by Crippen LogP contribution is 2.33. The Morgan fingerprint density at radius 1 is 1.21 bits per heavy atom. The van der Waals surface area contributed by atoms with Crippen molar-refractivity contribution in [3.63, 3.8) is 0 Å². The molecule has 3 rings (SSSR count). The Morgan fingerprint density at radius 2 is 1.93 bits per heavy atom. The predicted molar refractivity (Wildman–Crippen MR) is 117 cm³/mol. The molecule has 0 unspecified atom stereocenters. The number of hydrogen-bond acceptors (Lipinski definition) is 4. The van der Waals surface area contributed by atoms with Crippen molar-refractivity contribution in [3.8, 4) is 17.2 Å². The minimum absolute atomic E-state index is 0.174. The van der Waals surface area contributed by atoms with Crippen molar-refractivity contribution in [1.82, 2.24) is 15.1 Å². The van der Waals surface area contributed by atoms with Crippen LogP contribution in [0.2, 0.25) is 5.02 Å². The fourth-order valence-electron chi connectivity index (χ4n) is 2.99. The molecule has 1 amide bonds. The van der Waals surface area contributed by atoms with E-state index in [1.165, 1.54) is 0 Å². The Hall–Kier alpha value is -2.51. The number of benzene rings is 2. The summed E-state index contributed by atoms with van der Waals surface area (Å²) < 4.78 is 13.2. The summed E-state index contributed by atoms with van der Waals surface area (Å²) in [6.45, 7) is 2.32. The number of carbonyl (C=O) groups is 1. The van der Waals surface area contributed by atoms with Gasteiger partial charge in [0.05, 0.1) is 37.4 Å². The van der Waals surface area contributed by atoms with Crippen LogP contribution in [0.15, 0.2) is 47.1 Å². The lowest BCUT2D eigenvalue weighted by Gasteiger charge is -2.12. The van der Waals surface area contributed by atoms with Crippen molar-refractivity contribution in [2.45, 2.75) is 13.3 Å². The van der Waals surface area contributed by atoms with Crippen LogP contribution in [0.5, 0.6) is 11.5 Å². The highest BCUT2D eigenvalue weighted by atomic mass is 79.9. The maximum absolute atomic E-state index is 12.6. The first-order valence-electron chi connectivity index (χ1n) is 8.93. The van der Waals surface area contributed by atoms with E-state index in [1.807, 2.05) is 31.2 Å². The number of nitrogens with one attached hydrogen (secondary N) is 1.